The van der Waals surface area contributed by atoms with E-state index in [2.05, 4.69) is 10.6 Å². The lowest BCUT2D eigenvalue weighted by Gasteiger charge is -2.22. The standard InChI is InChI=1S/C23H20FN3O2/c24-17-7-9-18(10-8-17)26-13-19(15-4-2-1-3-5-15)23(25)16-6-11-21-20(12-16)27-22(28)14-29-21/h1-12,19,25-26H,13-14H2,(H,27,28). The minimum absolute atomic E-state index is 0.00196. The fourth-order valence-electron chi connectivity index (χ4n) is 3.31. The zero-order valence-corrected chi connectivity index (χ0v) is 15.6. The van der Waals surface area contributed by atoms with Crippen LogP contribution in [0.5, 0.6) is 5.75 Å². The Labute approximate surface area is 168 Å². The van der Waals surface area contributed by atoms with E-state index in [-0.39, 0.29) is 24.2 Å². The molecule has 1 amide bonds. The van der Waals surface area contributed by atoms with Crippen LogP contribution >= 0.6 is 0 Å². The molecule has 1 atom stereocenters. The minimum atomic E-state index is -0.291. The first-order valence-corrected chi connectivity index (χ1v) is 9.30. The molecule has 0 aromatic heterocycles. The summed E-state index contributed by atoms with van der Waals surface area (Å²) >= 11 is 0. The normalized spacial score (nSPS) is 13.6. The van der Waals surface area contributed by atoms with Crippen LogP contribution in [0.3, 0.4) is 0 Å². The van der Waals surface area contributed by atoms with Crippen molar-refractivity contribution in [1.29, 1.82) is 5.41 Å². The fraction of sp³-hybridized carbons (Fsp3) is 0.130. The lowest BCUT2D eigenvalue weighted by atomic mass is 9.89. The molecule has 1 aliphatic heterocycles. The number of hydrogen-bond donors (Lipinski definition) is 3. The predicted octanol–water partition coefficient (Wildman–Crippen LogP) is 4.42. The Kier molecular flexibility index (Phi) is 5.24. The molecular weight excluding hydrogens is 369 g/mol. The van der Waals surface area contributed by atoms with E-state index in [1.54, 1.807) is 24.3 Å². The molecule has 3 N–H and O–H groups in total. The van der Waals surface area contributed by atoms with Crippen LogP contribution in [0.25, 0.3) is 0 Å². The smallest absolute Gasteiger partial charge is 0.262 e. The summed E-state index contributed by atoms with van der Waals surface area (Å²) in [5.74, 6) is -0.138. The van der Waals surface area contributed by atoms with Gasteiger partial charge in [-0.25, -0.2) is 4.39 Å². The second-order valence-corrected chi connectivity index (χ2v) is 6.81. The van der Waals surface area contributed by atoms with E-state index in [0.717, 1.165) is 11.3 Å². The van der Waals surface area contributed by atoms with Gasteiger partial charge in [-0.1, -0.05) is 30.3 Å². The van der Waals surface area contributed by atoms with E-state index in [4.69, 9.17) is 10.1 Å². The highest BCUT2D eigenvalue weighted by Gasteiger charge is 2.22. The first kappa shape index (κ1) is 18.7. The van der Waals surface area contributed by atoms with Crippen molar-refractivity contribution in [2.45, 2.75) is 5.92 Å². The van der Waals surface area contributed by atoms with Crippen molar-refractivity contribution in [2.24, 2.45) is 0 Å². The van der Waals surface area contributed by atoms with Crippen LogP contribution in [0.1, 0.15) is 17.0 Å². The third-order valence-electron chi connectivity index (χ3n) is 4.83. The summed E-state index contributed by atoms with van der Waals surface area (Å²) in [6.45, 7) is 0.465. The Morgan fingerprint density at radius 1 is 1.10 bits per heavy atom. The van der Waals surface area contributed by atoms with Crippen molar-refractivity contribution in [1.82, 2.24) is 0 Å². The van der Waals surface area contributed by atoms with Crippen LogP contribution in [0.15, 0.2) is 72.8 Å². The van der Waals surface area contributed by atoms with E-state index < -0.39 is 0 Å². The van der Waals surface area contributed by atoms with Gasteiger partial charge >= 0.3 is 0 Å². The molecule has 4 rings (SSSR count). The quantitative estimate of drug-likeness (QED) is 0.547. The van der Waals surface area contributed by atoms with Crippen LogP contribution in [-0.4, -0.2) is 24.8 Å². The maximum Gasteiger partial charge on any atom is 0.262 e. The van der Waals surface area contributed by atoms with Crippen LogP contribution in [0.4, 0.5) is 15.8 Å². The fourth-order valence-corrected chi connectivity index (χ4v) is 3.31. The number of carbonyl (C=O) groups is 1. The lowest BCUT2D eigenvalue weighted by Crippen LogP contribution is -2.26. The monoisotopic (exact) mass is 389 g/mol. The number of amides is 1. The Hall–Kier alpha value is -3.67. The molecule has 0 spiro atoms. The van der Waals surface area contributed by atoms with Gasteiger partial charge < -0.3 is 20.8 Å². The summed E-state index contributed by atoms with van der Waals surface area (Å²) in [6.07, 6.45) is 0. The van der Waals surface area contributed by atoms with Crippen molar-refractivity contribution >= 4 is 23.0 Å². The molecule has 6 heteroatoms. The van der Waals surface area contributed by atoms with Gasteiger partial charge in [-0.2, -0.15) is 0 Å². The van der Waals surface area contributed by atoms with Gasteiger partial charge in [-0.3, -0.25) is 4.79 Å². The molecular formula is C23H20FN3O2. The molecule has 0 bridgehead atoms. The van der Waals surface area contributed by atoms with Gasteiger partial charge in [0.25, 0.3) is 5.91 Å². The minimum Gasteiger partial charge on any atom is -0.482 e. The summed E-state index contributed by atoms with van der Waals surface area (Å²) in [6, 6.07) is 21.3. The van der Waals surface area contributed by atoms with Gasteiger partial charge in [0.05, 0.1) is 5.69 Å². The summed E-state index contributed by atoms with van der Waals surface area (Å²) in [5.41, 5.74) is 3.45. The number of ether oxygens (including phenoxy) is 1. The zero-order chi connectivity index (χ0) is 20.2. The van der Waals surface area contributed by atoms with E-state index in [1.807, 2.05) is 36.4 Å². The highest BCUT2D eigenvalue weighted by Crippen LogP contribution is 2.31. The molecule has 1 heterocycles. The van der Waals surface area contributed by atoms with Crippen LogP contribution in [0.2, 0.25) is 0 Å². The maximum absolute atomic E-state index is 13.2. The molecule has 29 heavy (non-hydrogen) atoms. The average Bonchev–Trinajstić information content (AvgIpc) is 2.75. The molecule has 5 nitrogen and oxygen atoms in total. The van der Waals surface area contributed by atoms with Gasteiger partial charge in [0.15, 0.2) is 6.61 Å². The number of halogens is 1. The Morgan fingerprint density at radius 2 is 1.86 bits per heavy atom. The zero-order valence-electron chi connectivity index (χ0n) is 15.6. The number of rotatable bonds is 6. The van der Waals surface area contributed by atoms with E-state index >= 15 is 0 Å². The van der Waals surface area contributed by atoms with Crippen LogP contribution in [-0.2, 0) is 4.79 Å². The number of benzene rings is 3. The van der Waals surface area contributed by atoms with Crippen LogP contribution < -0.4 is 15.4 Å². The first-order chi connectivity index (χ1) is 14.1. The summed E-state index contributed by atoms with van der Waals surface area (Å²) in [4.78, 5) is 11.6. The van der Waals surface area contributed by atoms with E-state index in [9.17, 15) is 9.18 Å². The Bertz CT molecular complexity index is 1040. The molecule has 0 radical (unpaired) electrons. The number of fused-ring (bicyclic) bond motifs is 1. The van der Waals surface area contributed by atoms with Crippen LogP contribution in [0, 0.1) is 11.2 Å². The average molecular weight is 389 g/mol. The molecule has 3 aromatic rings. The number of anilines is 2. The van der Waals surface area contributed by atoms with Crippen molar-refractivity contribution < 1.29 is 13.9 Å². The van der Waals surface area contributed by atoms with Gasteiger partial charge in [0.1, 0.15) is 11.6 Å². The molecule has 3 aromatic carbocycles. The Morgan fingerprint density at radius 3 is 2.62 bits per heavy atom. The highest BCUT2D eigenvalue weighted by atomic mass is 19.1. The topological polar surface area (TPSA) is 74.2 Å². The second-order valence-electron chi connectivity index (χ2n) is 6.81. The van der Waals surface area contributed by atoms with Gasteiger partial charge in [0.2, 0.25) is 0 Å². The van der Waals surface area contributed by atoms with E-state index in [0.29, 0.717) is 29.3 Å². The number of nitrogens with one attached hydrogen (secondary N) is 3. The van der Waals surface area contributed by atoms with Gasteiger partial charge in [-0.05, 0) is 53.6 Å². The molecule has 1 unspecified atom stereocenters. The number of carbonyl (C=O) groups excluding carboxylic acids is 1. The first-order valence-electron chi connectivity index (χ1n) is 9.30. The molecule has 0 fully saturated rings. The maximum atomic E-state index is 13.2. The highest BCUT2D eigenvalue weighted by molar-refractivity contribution is 6.05. The van der Waals surface area contributed by atoms with Gasteiger partial charge in [0, 0.05) is 23.9 Å². The van der Waals surface area contributed by atoms with Gasteiger partial charge in [-0.15, -0.1) is 0 Å². The summed E-state index contributed by atoms with van der Waals surface area (Å²) < 4.78 is 18.6. The third-order valence-corrected chi connectivity index (χ3v) is 4.83. The van der Waals surface area contributed by atoms with E-state index in [1.165, 1.54) is 12.1 Å². The Balaban J connectivity index is 1.60. The SMILES string of the molecule is N=C(c1ccc2c(c1)NC(=O)CO2)C(CNc1ccc(F)cc1)c1ccccc1. The second kappa shape index (κ2) is 8.14. The summed E-state index contributed by atoms with van der Waals surface area (Å²) in [7, 11) is 0. The number of hydrogen-bond acceptors (Lipinski definition) is 4. The molecule has 0 saturated heterocycles. The molecule has 0 saturated carbocycles. The predicted molar refractivity (Wildman–Crippen MR) is 111 cm³/mol. The van der Waals surface area contributed by atoms with Crippen molar-refractivity contribution in [3.8, 4) is 5.75 Å². The molecule has 146 valence electrons. The third kappa shape index (κ3) is 4.27. The lowest BCUT2D eigenvalue weighted by molar-refractivity contribution is -0.118. The molecule has 1 aliphatic rings. The van der Waals surface area contributed by atoms with Crippen molar-refractivity contribution in [3.63, 3.8) is 0 Å². The largest absolute Gasteiger partial charge is 0.482 e. The van der Waals surface area contributed by atoms with Crippen molar-refractivity contribution in [2.75, 3.05) is 23.8 Å². The molecule has 0 aliphatic carbocycles. The summed E-state index contributed by atoms with van der Waals surface area (Å²) in [5, 5.41) is 14.9. The van der Waals surface area contributed by atoms with Crippen molar-refractivity contribution in [3.05, 3.63) is 89.7 Å².